The van der Waals surface area contributed by atoms with Crippen molar-refractivity contribution >= 4 is 17.8 Å². The molecule has 0 aromatic carbocycles. The summed E-state index contributed by atoms with van der Waals surface area (Å²) >= 11 is 0. The molecule has 1 aromatic heterocycles. The Morgan fingerprint density at radius 2 is 2.00 bits per heavy atom. The van der Waals surface area contributed by atoms with Gasteiger partial charge in [0.25, 0.3) is 5.90 Å². The minimum Gasteiger partial charge on any atom is -0.478 e. The van der Waals surface area contributed by atoms with E-state index in [1.54, 1.807) is 0 Å². The number of aliphatic imine (C=N–C) groups is 1. The molecular formula is C11H11NO6. The number of furan rings is 1. The smallest absolute Gasteiger partial charge is 0.371 e. The molecule has 0 saturated carbocycles. The van der Waals surface area contributed by atoms with Crippen molar-refractivity contribution in [3.8, 4) is 0 Å². The fourth-order valence-corrected chi connectivity index (χ4v) is 1.51. The van der Waals surface area contributed by atoms with Crippen LogP contribution in [0.3, 0.4) is 0 Å². The topological polar surface area (TPSA) is 109 Å². The predicted octanol–water partition coefficient (Wildman–Crippen LogP) is 1.23. The maximum Gasteiger partial charge on any atom is 0.371 e. The van der Waals surface area contributed by atoms with E-state index < -0.39 is 23.2 Å². The number of hydrogen-bond acceptors (Lipinski definition) is 5. The highest BCUT2D eigenvalue weighted by atomic mass is 16.5. The van der Waals surface area contributed by atoms with Crippen molar-refractivity contribution in [3.63, 3.8) is 0 Å². The molecule has 0 spiro atoms. The lowest BCUT2D eigenvalue weighted by atomic mass is 10.1. The van der Waals surface area contributed by atoms with Gasteiger partial charge in [0.15, 0.2) is 0 Å². The third-order valence-electron chi connectivity index (χ3n) is 2.33. The second kappa shape index (κ2) is 3.86. The van der Waals surface area contributed by atoms with Gasteiger partial charge >= 0.3 is 11.9 Å². The molecule has 0 saturated heterocycles. The van der Waals surface area contributed by atoms with Crippen molar-refractivity contribution in [1.29, 1.82) is 0 Å². The molecule has 0 bridgehead atoms. The lowest BCUT2D eigenvalue weighted by Crippen LogP contribution is -2.17. The van der Waals surface area contributed by atoms with Crippen molar-refractivity contribution in [1.82, 2.24) is 0 Å². The molecular weight excluding hydrogens is 242 g/mol. The zero-order valence-electron chi connectivity index (χ0n) is 9.76. The maximum absolute atomic E-state index is 11.0. The molecule has 7 nitrogen and oxygen atoms in total. The highest BCUT2D eigenvalue weighted by Crippen LogP contribution is 2.24. The number of carbonyl (C=O) groups is 2. The van der Waals surface area contributed by atoms with Gasteiger partial charge in [0, 0.05) is 6.07 Å². The second-order valence-corrected chi connectivity index (χ2v) is 4.48. The standard InChI is InChI=1S/C11H11NO6/c1-11(2)4-17-8(12-11)7-5(9(13)14)3-6(18-7)10(15)16/h3H,4H2,1-2H3,(H,13,14)(H,15,16). The van der Waals surface area contributed by atoms with Crippen LogP contribution in [0.2, 0.25) is 0 Å². The van der Waals surface area contributed by atoms with E-state index in [4.69, 9.17) is 19.4 Å². The van der Waals surface area contributed by atoms with Crippen molar-refractivity contribution < 1.29 is 29.0 Å². The SMILES string of the molecule is CC1(C)COC(c2oc(C(=O)O)cc2C(=O)O)=N1. The molecule has 7 heteroatoms. The van der Waals surface area contributed by atoms with Gasteiger partial charge in [0.05, 0.1) is 5.54 Å². The summed E-state index contributed by atoms with van der Waals surface area (Å²) in [6.45, 7) is 3.90. The molecule has 0 amide bonds. The number of aromatic carboxylic acids is 2. The fraction of sp³-hybridized carbons (Fsp3) is 0.364. The van der Waals surface area contributed by atoms with E-state index in [-0.39, 0.29) is 23.8 Å². The minimum atomic E-state index is -1.35. The Kier molecular flexibility index (Phi) is 2.61. The van der Waals surface area contributed by atoms with Gasteiger partial charge in [-0.3, -0.25) is 0 Å². The summed E-state index contributed by atoms with van der Waals surface area (Å²) in [6.07, 6.45) is 0. The Morgan fingerprint density at radius 3 is 2.44 bits per heavy atom. The molecule has 0 unspecified atom stereocenters. The predicted molar refractivity (Wildman–Crippen MR) is 59.2 cm³/mol. The highest BCUT2D eigenvalue weighted by molar-refractivity contribution is 6.05. The van der Waals surface area contributed by atoms with Crippen molar-refractivity contribution in [2.45, 2.75) is 19.4 Å². The number of hydrogen-bond donors (Lipinski definition) is 2. The van der Waals surface area contributed by atoms with E-state index in [9.17, 15) is 9.59 Å². The van der Waals surface area contributed by atoms with Crippen LogP contribution in [0.4, 0.5) is 0 Å². The molecule has 18 heavy (non-hydrogen) atoms. The Labute approximate surface area is 102 Å². The first-order valence-electron chi connectivity index (χ1n) is 5.13. The van der Waals surface area contributed by atoms with Crippen LogP contribution in [-0.4, -0.2) is 40.2 Å². The quantitative estimate of drug-likeness (QED) is 0.838. The van der Waals surface area contributed by atoms with Gasteiger partial charge in [-0.1, -0.05) is 0 Å². The summed E-state index contributed by atoms with van der Waals surface area (Å²) in [7, 11) is 0. The van der Waals surface area contributed by atoms with Crippen LogP contribution >= 0.6 is 0 Å². The Balaban J connectivity index is 2.50. The number of nitrogens with zero attached hydrogens (tertiary/aromatic N) is 1. The fourth-order valence-electron chi connectivity index (χ4n) is 1.51. The normalized spacial score (nSPS) is 17.1. The van der Waals surface area contributed by atoms with E-state index in [1.165, 1.54) is 0 Å². The molecule has 2 N–H and O–H groups in total. The zero-order chi connectivity index (χ0) is 13.5. The van der Waals surface area contributed by atoms with Gasteiger partial charge in [-0.2, -0.15) is 0 Å². The summed E-state index contributed by atoms with van der Waals surface area (Å²) in [6, 6.07) is 0.942. The van der Waals surface area contributed by atoms with Gasteiger partial charge in [0.2, 0.25) is 11.5 Å². The average Bonchev–Trinajstić information content (AvgIpc) is 2.80. The lowest BCUT2D eigenvalue weighted by Gasteiger charge is -2.07. The van der Waals surface area contributed by atoms with Crippen LogP contribution in [0.25, 0.3) is 0 Å². The van der Waals surface area contributed by atoms with Crippen LogP contribution in [0.5, 0.6) is 0 Å². The Bertz CT molecular complexity index is 554. The first-order valence-corrected chi connectivity index (χ1v) is 5.13. The van der Waals surface area contributed by atoms with Crippen molar-refractivity contribution in [2.75, 3.05) is 6.61 Å². The molecule has 0 radical (unpaired) electrons. The molecule has 2 rings (SSSR count). The minimum absolute atomic E-state index is 0.0184. The van der Waals surface area contributed by atoms with E-state index in [1.807, 2.05) is 13.8 Å². The number of carboxylic acid groups (broad SMARTS) is 2. The summed E-state index contributed by atoms with van der Waals surface area (Å²) in [5, 5.41) is 17.8. The molecule has 2 heterocycles. The summed E-state index contributed by atoms with van der Waals surface area (Å²) in [5.74, 6) is -3.24. The van der Waals surface area contributed by atoms with Crippen molar-refractivity contribution in [2.24, 2.45) is 4.99 Å². The summed E-state index contributed by atoms with van der Waals surface area (Å²) < 4.78 is 10.2. The van der Waals surface area contributed by atoms with Crippen LogP contribution < -0.4 is 0 Å². The number of rotatable bonds is 3. The number of carboxylic acids is 2. The summed E-state index contributed by atoms with van der Waals surface area (Å²) in [5.41, 5.74) is -0.759. The van der Waals surface area contributed by atoms with E-state index in [0.29, 0.717) is 0 Å². The first-order chi connectivity index (χ1) is 8.30. The van der Waals surface area contributed by atoms with Gasteiger partial charge in [-0.15, -0.1) is 0 Å². The zero-order valence-corrected chi connectivity index (χ0v) is 9.76. The van der Waals surface area contributed by atoms with E-state index >= 15 is 0 Å². The number of ether oxygens (including phenoxy) is 1. The average molecular weight is 253 g/mol. The molecule has 0 aliphatic carbocycles. The molecule has 1 aliphatic heterocycles. The molecule has 96 valence electrons. The third-order valence-corrected chi connectivity index (χ3v) is 2.33. The Morgan fingerprint density at radius 1 is 1.33 bits per heavy atom. The van der Waals surface area contributed by atoms with Crippen LogP contribution in [0, 0.1) is 0 Å². The second-order valence-electron chi connectivity index (χ2n) is 4.48. The molecule has 1 aliphatic rings. The van der Waals surface area contributed by atoms with Gasteiger partial charge < -0.3 is 19.4 Å². The van der Waals surface area contributed by atoms with E-state index in [2.05, 4.69) is 4.99 Å². The molecule has 0 fully saturated rings. The largest absolute Gasteiger partial charge is 0.478 e. The van der Waals surface area contributed by atoms with Gasteiger partial charge in [-0.25, -0.2) is 14.6 Å². The first kappa shape index (κ1) is 12.2. The lowest BCUT2D eigenvalue weighted by molar-refractivity contribution is 0.0658. The monoisotopic (exact) mass is 253 g/mol. The molecule has 1 aromatic rings. The Hall–Kier alpha value is -2.31. The third kappa shape index (κ3) is 2.06. The molecule has 0 atom stereocenters. The van der Waals surface area contributed by atoms with Crippen molar-refractivity contribution in [3.05, 3.63) is 23.2 Å². The van der Waals surface area contributed by atoms with Crippen LogP contribution in [0.15, 0.2) is 15.5 Å². The van der Waals surface area contributed by atoms with Gasteiger partial charge in [0.1, 0.15) is 12.2 Å². The van der Waals surface area contributed by atoms with E-state index in [0.717, 1.165) is 6.07 Å². The van der Waals surface area contributed by atoms with Crippen LogP contribution in [-0.2, 0) is 4.74 Å². The van der Waals surface area contributed by atoms with Crippen LogP contribution in [0.1, 0.15) is 40.5 Å². The summed E-state index contributed by atoms with van der Waals surface area (Å²) in [4.78, 5) is 25.9. The highest BCUT2D eigenvalue weighted by Gasteiger charge is 2.33. The maximum atomic E-state index is 11.0. The van der Waals surface area contributed by atoms with Gasteiger partial charge in [-0.05, 0) is 13.8 Å².